The van der Waals surface area contributed by atoms with Crippen molar-refractivity contribution >= 4 is 60.3 Å². The number of ketones is 1. The largest absolute Gasteiger partial charge is 2.00 e. The first-order chi connectivity index (χ1) is 58.1. The fraction of sp³-hybridized carbons (Fsp3) is 0.0874. The Morgan fingerprint density at radius 3 is 1.21 bits per heavy atom. The number of allylic oxidation sites excluding steroid dienone is 2. The minimum absolute atomic E-state index is 0. The molecule has 0 saturated heterocycles. The first kappa shape index (κ1) is 89.3. The molecular weight excluding hydrogens is 2090 g/mol. The van der Waals surface area contributed by atoms with Crippen molar-refractivity contribution in [2.24, 2.45) is 0 Å². The molecule has 19 rings (SSSR count). The molecule has 0 spiro atoms. The van der Waals surface area contributed by atoms with Gasteiger partial charge in [-0.1, -0.05) is 194 Å². The number of para-hydroxylation sites is 5. The van der Waals surface area contributed by atoms with Crippen LogP contribution in [0.4, 0.5) is 22.0 Å². The summed E-state index contributed by atoms with van der Waals surface area (Å²) in [6.07, 6.45) is -1.01. The van der Waals surface area contributed by atoms with Crippen LogP contribution < -0.4 is 0 Å². The monoisotopic (exact) mass is 2160 g/mol. The van der Waals surface area contributed by atoms with Crippen molar-refractivity contribution in [2.75, 3.05) is 0 Å². The molecule has 19 aromatic rings. The van der Waals surface area contributed by atoms with Gasteiger partial charge in [-0.2, -0.15) is 13.2 Å². The van der Waals surface area contributed by atoms with Crippen LogP contribution in [0.5, 0.6) is 0 Å². The number of aromatic nitrogens is 10. The minimum Gasteiger partial charge on any atom is -0.512 e. The van der Waals surface area contributed by atoms with E-state index in [0.29, 0.717) is 11.4 Å². The third kappa shape index (κ3) is 20.5. The van der Waals surface area contributed by atoms with Crippen molar-refractivity contribution in [3.8, 4) is 73.3 Å². The first-order valence-corrected chi connectivity index (χ1v) is 38.6. The van der Waals surface area contributed by atoms with Gasteiger partial charge in [0.2, 0.25) is 0 Å². The number of pyridine rings is 6. The van der Waals surface area contributed by atoms with Crippen LogP contribution in [0.15, 0.2) is 352 Å². The van der Waals surface area contributed by atoms with E-state index in [2.05, 4.69) is 260 Å². The molecule has 615 valence electrons. The molecule has 1 radical (unpaired) electrons. The second-order valence-electron chi connectivity index (χ2n) is 29.3. The van der Waals surface area contributed by atoms with E-state index in [-0.39, 0.29) is 96.3 Å². The van der Waals surface area contributed by atoms with Gasteiger partial charge in [-0.15, -0.1) is 120 Å². The van der Waals surface area contributed by atoms with E-state index in [1.807, 2.05) is 123 Å². The number of aliphatic hydroxyl groups excluding tert-OH is 1. The van der Waals surface area contributed by atoms with Crippen LogP contribution in [0, 0.1) is 42.4 Å². The third-order valence-corrected chi connectivity index (χ3v) is 20.3. The van der Waals surface area contributed by atoms with E-state index in [0.717, 1.165) is 67.5 Å². The molecule has 0 aliphatic carbocycles. The molecule has 0 fully saturated rings. The van der Waals surface area contributed by atoms with E-state index in [4.69, 9.17) is 15.1 Å². The quantitative estimate of drug-likeness (QED) is 0.0392. The van der Waals surface area contributed by atoms with Gasteiger partial charge in [-0.05, 0) is 160 Å². The van der Waals surface area contributed by atoms with Crippen LogP contribution in [-0.4, -0.2) is 59.7 Å². The Hall–Kier alpha value is -12.9. The predicted octanol–water partition coefficient (Wildman–Crippen LogP) is 25.0. The predicted molar refractivity (Wildman–Crippen MR) is 466 cm³/mol. The van der Waals surface area contributed by atoms with Crippen LogP contribution in [0.3, 0.4) is 0 Å². The summed E-state index contributed by atoms with van der Waals surface area (Å²) < 4.78 is 71.4. The maximum absolute atomic E-state index is 14.1. The van der Waals surface area contributed by atoms with Crippen LogP contribution in [-0.2, 0) is 84.0 Å². The Balaban J connectivity index is 0.000000149. The van der Waals surface area contributed by atoms with E-state index >= 15 is 0 Å². The van der Waals surface area contributed by atoms with Gasteiger partial charge in [-0.3, -0.25) is 24.8 Å². The normalized spacial score (nSPS) is 11.3. The topological polar surface area (TPSA) is 142 Å². The SMILES string of the molecule is CC(=O)C=C(C)O.CC(C)(c1cccc(-c2[c-]cc(F)nc2F)n1)c1cccc(-n2[c-]cc(C(F)(F)F)n2)n1.CC(C)(c1cccc(-c2[c-]cccc2)n1)c1cccc(-c2[c-]cccc2)n1.[Ir].[Pt+2].[Pt+2].[c-]1ccccc1-c1ccc2ccccc2n1.c1cc(-c2cccc(-n3c4ccccc4c4ccccc43)c2)cc(-n2c3ccccc3c3ccccc32)c1. The number of hydrogen-bond donors (Lipinski definition) is 1. The van der Waals surface area contributed by atoms with Gasteiger partial charge in [0.05, 0.1) is 44.9 Å². The van der Waals surface area contributed by atoms with Crippen LogP contribution in [0.2, 0.25) is 0 Å². The average molecular weight is 2160 g/mol. The molecule has 12 nitrogen and oxygen atoms in total. The van der Waals surface area contributed by atoms with E-state index < -0.39 is 29.2 Å². The molecule has 0 aliphatic rings. The number of rotatable bonds is 13. The number of benzene rings is 10. The van der Waals surface area contributed by atoms with E-state index in [1.165, 1.54) is 104 Å². The maximum Gasteiger partial charge on any atom is 2.00 e. The number of aliphatic hydroxyl groups is 1. The molecule has 0 amide bonds. The fourth-order valence-electron chi connectivity index (χ4n) is 14.3. The van der Waals surface area contributed by atoms with Gasteiger partial charge in [0.15, 0.2) is 5.78 Å². The molecule has 20 heteroatoms. The Labute approximate surface area is 751 Å². The minimum atomic E-state index is -4.59. The van der Waals surface area contributed by atoms with Gasteiger partial charge in [0.25, 0.3) is 0 Å². The second kappa shape index (κ2) is 39.7. The second-order valence-corrected chi connectivity index (χ2v) is 29.3. The van der Waals surface area contributed by atoms with Gasteiger partial charge in [0, 0.05) is 92.7 Å². The first-order valence-electron chi connectivity index (χ1n) is 38.6. The standard InChI is InChI=1S/C36H24N2.C25H20N2.C22H14F5N5.C15H10N.C5H8O2.Ir.2Pt/c1-5-19-33-29(15-1)30-16-2-6-20-34(30)37(33)27-13-9-11-25(23-27)26-12-10-14-28(24-26)38-35-21-7-3-17-31(35)32-18-4-8-22-36(32)38;1-25(2,23-17-9-15-21(26-23)19-11-5-3-6-12-19)24-18-10-16-22(27-24)20-13-7-4-8-14-20;1-21(2,15-6-3-5-14(28-15)13-9-10-18(23)30-20(13)24)16-7-4-8-19(29-16)32-12-11-17(31-32)22(25,26)27;1-2-6-12(7-3-1)15-11-10-13-8-4-5-9-14(13)16-15;1-4(6)3-5(2)7;;;/h1-24H;3-11,13,15-18H,1-2H3;3-8,10-11H,1-2H3;1-6,8-11H;3,6H,1-2H3;;;/q;2*-2;-1;;;2*+2. The van der Waals surface area contributed by atoms with Gasteiger partial charge >= 0.3 is 48.3 Å². The summed E-state index contributed by atoms with van der Waals surface area (Å²) >= 11 is 0. The summed E-state index contributed by atoms with van der Waals surface area (Å²) in [7, 11) is 0. The third-order valence-electron chi connectivity index (χ3n) is 20.3. The van der Waals surface area contributed by atoms with Crippen LogP contribution in [0.25, 0.3) is 128 Å². The van der Waals surface area contributed by atoms with Gasteiger partial charge in [-0.25, -0.2) is 8.78 Å². The van der Waals surface area contributed by atoms with Crippen molar-refractivity contribution in [2.45, 2.75) is 58.5 Å². The van der Waals surface area contributed by atoms with Gasteiger partial charge < -0.3 is 33.9 Å². The molecule has 0 aliphatic heterocycles. The molecule has 9 heterocycles. The molecule has 0 saturated carbocycles. The zero-order valence-corrected chi connectivity index (χ0v) is 74.0. The zero-order valence-electron chi connectivity index (χ0n) is 67.1. The molecule has 0 unspecified atom stereocenters. The Bertz CT molecular complexity index is 6570. The summed E-state index contributed by atoms with van der Waals surface area (Å²) in [5.41, 5.74) is 17.4. The van der Waals surface area contributed by atoms with Crippen LogP contribution in [0.1, 0.15) is 70.0 Å². The summed E-state index contributed by atoms with van der Waals surface area (Å²) in [4.78, 5) is 36.5. The van der Waals surface area contributed by atoms with Crippen molar-refractivity contribution in [3.63, 3.8) is 0 Å². The molecule has 9 aromatic heterocycles. The molecular formula is C103H76F5IrN10O2Pt2-. The van der Waals surface area contributed by atoms with E-state index in [1.54, 1.807) is 24.3 Å². The van der Waals surface area contributed by atoms with E-state index in [9.17, 15) is 26.7 Å². The number of alkyl halides is 3. The number of halogens is 5. The zero-order chi connectivity index (χ0) is 83.5. The van der Waals surface area contributed by atoms with Crippen molar-refractivity contribution < 1.29 is 94.1 Å². The Morgan fingerprint density at radius 2 is 0.797 bits per heavy atom. The number of fused-ring (bicyclic) bond motifs is 7. The number of nitrogens with zero attached hydrogens (tertiary/aromatic N) is 10. The van der Waals surface area contributed by atoms with Gasteiger partial charge in [0.1, 0.15) is 11.9 Å². The maximum atomic E-state index is 14.1. The summed E-state index contributed by atoms with van der Waals surface area (Å²) in [6.45, 7) is 10.8. The Morgan fingerprint density at radius 1 is 0.398 bits per heavy atom. The Kier molecular flexibility index (Phi) is 28.8. The summed E-state index contributed by atoms with van der Waals surface area (Å²) in [6, 6.07) is 124. The number of carbonyl (C=O) groups excluding carboxylic acids is 1. The smallest absolute Gasteiger partial charge is 0.512 e. The molecule has 123 heavy (non-hydrogen) atoms. The van der Waals surface area contributed by atoms with Crippen LogP contribution >= 0.6 is 0 Å². The van der Waals surface area contributed by atoms with Crippen molar-refractivity contribution in [1.29, 1.82) is 0 Å². The molecule has 1 N–H and O–H groups in total. The summed E-state index contributed by atoms with van der Waals surface area (Å²) in [5.74, 6) is -1.95. The molecule has 10 aromatic carbocycles. The average Bonchev–Trinajstić information content (AvgIpc) is 1.61. The molecule has 0 bridgehead atoms. The molecule has 0 atom stereocenters. The number of carbonyl (C=O) groups is 1. The van der Waals surface area contributed by atoms with Crippen molar-refractivity contribution in [3.05, 3.63) is 422 Å². The summed E-state index contributed by atoms with van der Waals surface area (Å²) in [5, 5.41) is 18.1. The fourth-order valence-corrected chi connectivity index (χ4v) is 14.3. The van der Waals surface area contributed by atoms with Crippen molar-refractivity contribution in [1.82, 2.24) is 48.8 Å². The number of hydrogen-bond acceptors (Lipinski definition) is 9.